The number of hydrogen-bond acceptors (Lipinski definition) is 5. The summed E-state index contributed by atoms with van der Waals surface area (Å²) in [5, 5.41) is 0.275. The van der Waals surface area contributed by atoms with Crippen molar-refractivity contribution in [3.63, 3.8) is 0 Å². The second kappa shape index (κ2) is 7.27. The Balaban J connectivity index is 1.49. The fraction of sp³-hybridized carbons (Fsp3) is 0.440. The molecule has 4 aliphatic heterocycles. The Morgan fingerprint density at radius 3 is 2.61 bits per heavy atom. The number of benzene rings is 2. The standard InChI is InChI=1S/C25H27ClN2O3/c1-15-24-17(3-4-21(29-2)25(24)27-8-6-18(26)7-9-27)11-20-19-13-23-22(30-14-31-23)12-16(19)5-10-28(15)20/h3-4,11-13,15,18H,5-10,14H2,1-2H3/t15-/m0/s1. The molecule has 2 aromatic rings. The van der Waals surface area contributed by atoms with Crippen LogP contribution in [0, 0.1) is 0 Å². The minimum absolute atomic E-state index is 0.257. The van der Waals surface area contributed by atoms with E-state index in [2.05, 4.69) is 47.1 Å². The second-order valence-corrected chi connectivity index (χ2v) is 9.41. The average Bonchev–Trinajstić information content (AvgIpc) is 3.25. The molecule has 0 aromatic heterocycles. The van der Waals surface area contributed by atoms with E-state index in [0.717, 1.165) is 56.1 Å². The monoisotopic (exact) mass is 438 g/mol. The number of rotatable bonds is 2. The molecule has 31 heavy (non-hydrogen) atoms. The number of piperidine rings is 1. The van der Waals surface area contributed by atoms with Crippen LogP contribution in [0.3, 0.4) is 0 Å². The lowest BCUT2D eigenvalue weighted by Crippen LogP contribution is -2.38. The maximum atomic E-state index is 6.40. The Morgan fingerprint density at radius 2 is 1.84 bits per heavy atom. The molecule has 6 heteroatoms. The van der Waals surface area contributed by atoms with E-state index in [4.69, 9.17) is 25.8 Å². The van der Waals surface area contributed by atoms with Gasteiger partial charge >= 0.3 is 0 Å². The molecule has 0 amide bonds. The van der Waals surface area contributed by atoms with Crippen molar-refractivity contribution in [2.24, 2.45) is 0 Å². The van der Waals surface area contributed by atoms with Gasteiger partial charge in [0.05, 0.1) is 18.8 Å². The van der Waals surface area contributed by atoms with Crippen LogP contribution < -0.4 is 19.1 Å². The molecule has 1 fully saturated rings. The topological polar surface area (TPSA) is 34.2 Å². The number of nitrogens with zero attached hydrogens (tertiary/aromatic N) is 2. The lowest BCUT2D eigenvalue weighted by Gasteiger charge is -2.44. The largest absolute Gasteiger partial charge is 0.495 e. The van der Waals surface area contributed by atoms with Gasteiger partial charge in [0.2, 0.25) is 6.79 Å². The molecule has 4 aliphatic rings. The quantitative estimate of drug-likeness (QED) is 0.612. The highest BCUT2D eigenvalue weighted by molar-refractivity contribution is 6.20. The zero-order chi connectivity index (χ0) is 21.1. The van der Waals surface area contributed by atoms with Crippen LogP contribution in [0.2, 0.25) is 0 Å². The van der Waals surface area contributed by atoms with Gasteiger partial charge in [0.1, 0.15) is 5.75 Å². The normalized spacial score (nSPS) is 21.9. The van der Waals surface area contributed by atoms with Gasteiger partial charge in [-0.3, -0.25) is 0 Å². The van der Waals surface area contributed by atoms with Crippen LogP contribution in [0.5, 0.6) is 17.2 Å². The summed E-state index contributed by atoms with van der Waals surface area (Å²) in [5.41, 5.74) is 7.74. The summed E-state index contributed by atoms with van der Waals surface area (Å²) in [6.07, 6.45) is 5.36. The molecule has 5 nitrogen and oxygen atoms in total. The van der Waals surface area contributed by atoms with Gasteiger partial charge in [-0.2, -0.15) is 0 Å². The highest BCUT2D eigenvalue weighted by Gasteiger charge is 2.35. The van der Waals surface area contributed by atoms with Crippen molar-refractivity contribution < 1.29 is 14.2 Å². The van der Waals surface area contributed by atoms with Crippen molar-refractivity contribution >= 4 is 29.1 Å². The van der Waals surface area contributed by atoms with Crippen molar-refractivity contribution in [3.05, 3.63) is 46.5 Å². The summed E-state index contributed by atoms with van der Waals surface area (Å²) in [4.78, 5) is 5.01. The predicted molar refractivity (Wildman–Crippen MR) is 123 cm³/mol. The molecule has 0 unspecified atom stereocenters. The number of fused-ring (bicyclic) bond motifs is 5. The Hall–Kier alpha value is -2.53. The first-order valence-electron chi connectivity index (χ1n) is 11.1. The fourth-order valence-electron chi connectivity index (χ4n) is 5.54. The van der Waals surface area contributed by atoms with Crippen molar-refractivity contribution in [1.82, 2.24) is 4.90 Å². The number of alkyl halides is 1. The summed E-state index contributed by atoms with van der Waals surface area (Å²) in [6.45, 7) is 5.55. The zero-order valence-corrected chi connectivity index (χ0v) is 18.7. The van der Waals surface area contributed by atoms with Gasteiger partial charge in [0, 0.05) is 41.8 Å². The van der Waals surface area contributed by atoms with Crippen LogP contribution in [-0.4, -0.2) is 43.8 Å². The van der Waals surface area contributed by atoms with Crippen LogP contribution in [0.15, 0.2) is 24.3 Å². The highest BCUT2D eigenvalue weighted by atomic mass is 35.5. The first-order valence-corrected chi connectivity index (χ1v) is 11.6. The van der Waals surface area contributed by atoms with E-state index in [0.29, 0.717) is 6.79 Å². The Kier molecular flexibility index (Phi) is 4.49. The van der Waals surface area contributed by atoms with Gasteiger partial charge in [-0.05, 0) is 61.6 Å². The third-order valence-corrected chi connectivity index (χ3v) is 7.59. The molecule has 1 saturated heterocycles. The number of anilines is 1. The van der Waals surface area contributed by atoms with E-state index in [1.807, 2.05) is 0 Å². The van der Waals surface area contributed by atoms with Crippen LogP contribution >= 0.6 is 11.6 Å². The first-order chi connectivity index (χ1) is 15.1. The van der Waals surface area contributed by atoms with Crippen molar-refractivity contribution in [1.29, 1.82) is 0 Å². The van der Waals surface area contributed by atoms with Gasteiger partial charge in [-0.15, -0.1) is 11.6 Å². The minimum atomic E-state index is 0.257. The predicted octanol–water partition coefficient (Wildman–Crippen LogP) is 5.06. The van der Waals surface area contributed by atoms with Gasteiger partial charge in [0.15, 0.2) is 11.5 Å². The second-order valence-electron chi connectivity index (χ2n) is 8.79. The molecule has 4 heterocycles. The smallest absolute Gasteiger partial charge is 0.231 e. The highest BCUT2D eigenvalue weighted by Crippen LogP contribution is 2.50. The number of hydrogen-bond donors (Lipinski definition) is 0. The Morgan fingerprint density at radius 1 is 1.06 bits per heavy atom. The summed E-state index contributed by atoms with van der Waals surface area (Å²) in [7, 11) is 1.77. The van der Waals surface area contributed by atoms with Crippen molar-refractivity contribution in [2.45, 2.75) is 37.6 Å². The SMILES string of the molecule is COc1ccc2c(c1N1CCC(Cl)CC1)[C@H](C)N1CCc3cc4c(cc3C1=C2)OCO4. The number of methoxy groups -OCH3 is 1. The van der Waals surface area contributed by atoms with E-state index < -0.39 is 0 Å². The molecule has 0 radical (unpaired) electrons. The van der Waals surface area contributed by atoms with Crippen LogP contribution in [0.1, 0.15) is 48.1 Å². The molecular weight excluding hydrogens is 412 g/mol. The van der Waals surface area contributed by atoms with Crippen LogP contribution in [0.4, 0.5) is 5.69 Å². The Bertz CT molecular complexity index is 1070. The zero-order valence-electron chi connectivity index (χ0n) is 18.0. The molecule has 6 rings (SSSR count). The van der Waals surface area contributed by atoms with Gasteiger partial charge in [-0.25, -0.2) is 0 Å². The lowest BCUT2D eigenvalue weighted by atomic mass is 9.85. The minimum Gasteiger partial charge on any atom is -0.495 e. The van der Waals surface area contributed by atoms with E-state index in [1.54, 1.807) is 7.11 Å². The number of halogens is 1. The van der Waals surface area contributed by atoms with E-state index in [9.17, 15) is 0 Å². The van der Waals surface area contributed by atoms with E-state index in [1.165, 1.54) is 33.6 Å². The van der Waals surface area contributed by atoms with Crippen LogP contribution in [-0.2, 0) is 6.42 Å². The first kappa shape index (κ1) is 19.2. The Labute approximate surface area is 188 Å². The molecule has 0 bridgehead atoms. The van der Waals surface area contributed by atoms with E-state index in [-0.39, 0.29) is 11.4 Å². The summed E-state index contributed by atoms with van der Waals surface area (Å²) < 4.78 is 17.1. The van der Waals surface area contributed by atoms with Crippen LogP contribution in [0.25, 0.3) is 11.8 Å². The molecule has 0 spiro atoms. The molecule has 0 aliphatic carbocycles. The van der Waals surface area contributed by atoms with Crippen molar-refractivity contribution in [3.8, 4) is 17.2 Å². The van der Waals surface area contributed by atoms with Crippen molar-refractivity contribution in [2.75, 3.05) is 38.4 Å². The average molecular weight is 439 g/mol. The third kappa shape index (κ3) is 2.97. The summed E-state index contributed by atoms with van der Waals surface area (Å²) >= 11 is 6.40. The molecule has 1 atom stereocenters. The fourth-order valence-corrected chi connectivity index (χ4v) is 5.74. The summed E-state index contributed by atoms with van der Waals surface area (Å²) in [5.74, 6) is 2.67. The molecule has 0 saturated carbocycles. The maximum absolute atomic E-state index is 6.40. The third-order valence-electron chi connectivity index (χ3n) is 7.16. The lowest BCUT2D eigenvalue weighted by molar-refractivity contribution is 0.174. The molecule has 162 valence electrons. The van der Waals surface area contributed by atoms with E-state index >= 15 is 0 Å². The van der Waals surface area contributed by atoms with Gasteiger partial charge < -0.3 is 24.0 Å². The summed E-state index contributed by atoms with van der Waals surface area (Å²) in [6, 6.07) is 8.89. The molecular formula is C25H27ClN2O3. The molecule has 0 N–H and O–H groups in total. The van der Waals surface area contributed by atoms with Gasteiger partial charge in [0.25, 0.3) is 0 Å². The molecule has 2 aromatic carbocycles. The number of ether oxygens (including phenoxy) is 3. The van der Waals surface area contributed by atoms with Gasteiger partial charge in [-0.1, -0.05) is 6.07 Å². The maximum Gasteiger partial charge on any atom is 0.231 e.